The fourth-order valence-corrected chi connectivity index (χ4v) is 4.38. The average molecular weight is 558 g/mol. The van der Waals surface area contributed by atoms with Gasteiger partial charge in [-0.1, -0.05) is 18.2 Å². The molecule has 2 aromatic carbocycles. The number of carbonyl (C=O) groups excluding carboxylic acids is 2. The van der Waals surface area contributed by atoms with Gasteiger partial charge in [0.25, 0.3) is 0 Å². The highest BCUT2D eigenvalue weighted by Crippen LogP contribution is 2.39. The Labute approximate surface area is 222 Å². The summed E-state index contributed by atoms with van der Waals surface area (Å²) in [6.45, 7) is 4.82. The third-order valence-corrected chi connectivity index (χ3v) is 6.12. The molecule has 3 rings (SSSR count). The second-order valence-corrected chi connectivity index (χ2v) is 10.2. The molecule has 39 heavy (non-hydrogen) atoms. The van der Waals surface area contributed by atoms with Crippen LogP contribution in [0.3, 0.4) is 0 Å². The summed E-state index contributed by atoms with van der Waals surface area (Å²) < 4.78 is 90.1. The molecular formula is C28H29F6NO4. The zero-order valence-electron chi connectivity index (χ0n) is 21.9. The number of ether oxygens (including phenoxy) is 2. The van der Waals surface area contributed by atoms with Crippen LogP contribution in [0.5, 0.6) is 0 Å². The first kappa shape index (κ1) is 30.0. The van der Waals surface area contributed by atoms with E-state index in [1.165, 1.54) is 18.1 Å². The van der Waals surface area contributed by atoms with Gasteiger partial charge in [0.1, 0.15) is 5.60 Å². The summed E-state index contributed by atoms with van der Waals surface area (Å²) >= 11 is 0. The molecule has 11 heteroatoms. The Balaban J connectivity index is 1.93. The molecule has 0 aliphatic heterocycles. The Bertz CT molecular complexity index is 1210. The Morgan fingerprint density at radius 2 is 1.59 bits per heavy atom. The standard InChI is InChI=1S/C28H29F6NO4/c1-26(2,3)39-25(37)35(12-11-18-14-20(27(29,30)31)16-21(15-18)28(32,33)34)23-9-7-19-13-17(5-8-22(19)23)6-10-24(36)38-4/h5-6,8,10,13-16,23H,7,9,11-12H2,1-4H3/b10-6+. The largest absolute Gasteiger partial charge is 0.466 e. The molecule has 2 aromatic rings. The van der Waals surface area contributed by atoms with Crippen LogP contribution in [0.4, 0.5) is 31.1 Å². The molecule has 212 valence electrons. The lowest BCUT2D eigenvalue weighted by Crippen LogP contribution is -2.40. The molecular weight excluding hydrogens is 528 g/mol. The zero-order valence-corrected chi connectivity index (χ0v) is 21.9. The van der Waals surface area contributed by atoms with Gasteiger partial charge in [0.05, 0.1) is 24.3 Å². The summed E-state index contributed by atoms with van der Waals surface area (Å²) in [5.74, 6) is -0.521. The molecule has 1 unspecified atom stereocenters. The number of aryl methyl sites for hydroxylation is 1. The molecule has 0 saturated carbocycles. The first-order valence-corrected chi connectivity index (χ1v) is 12.1. The first-order valence-electron chi connectivity index (χ1n) is 12.1. The van der Waals surface area contributed by atoms with Crippen LogP contribution < -0.4 is 0 Å². The number of rotatable bonds is 6. The quantitative estimate of drug-likeness (QED) is 0.211. The fourth-order valence-electron chi connectivity index (χ4n) is 4.38. The third-order valence-electron chi connectivity index (χ3n) is 6.12. The van der Waals surface area contributed by atoms with Crippen molar-refractivity contribution in [1.29, 1.82) is 0 Å². The number of halogens is 6. The lowest BCUT2D eigenvalue weighted by atomic mass is 10.0. The normalized spacial score (nSPS) is 15.8. The topological polar surface area (TPSA) is 55.8 Å². The number of fused-ring (bicyclic) bond motifs is 1. The molecule has 0 N–H and O–H groups in total. The van der Waals surface area contributed by atoms with Gasteiger partial charge in [-0.2, -0.15) is 26.3 Å². The summed E-state index contributed by atoms with van der Waals surface area (Å²) in [6.07, 6.45) is -7.01. The van der Waals surface area contributed by atoms with Gasteiger partial charge in [-0.25, -0.2) is 9.59 Å². The van der Waals surface area contributed by atoms with E-state index in [1.54, 1.807) is 39.0 Å². The molecule has 0 heterocycles. The van der Waals surface area contributed by atoms with Crippen LogP contribution in [0.2, 0.25) is 0 Å². The van der Waals surface area contributed by atoms with Gasteiger partial charge < -0.3 is 14.4 Å². The van der Waals surface area contributed by atoms with Crippen LogP contribution in [-0.4, -0.2) is 36.2 Å². The smallest absolute Gasteiger partial charge is 0.416 e. The molecule has 0 radical (unpaired) electrons. The monoisotopic (exact) mass is 557 g/mol. The van der Waals surface area contributed by atoms with Crippen LogP contribution in [0, 0.1) is 0 Å². The van der Waals surface area contributed by atoms with Crippen molar-refractivity contribution < 1.29 is 45.4 Å². The van der Waals surface area contributed by atoms with Crippen LogP contribution in [0.15, 0.2) is 42.5 Å². The maximum Gasteiger partial charge on any atom is 0.416 e. The van der Waals surface area contributed by atoms with Crippen molar-refractivity contribution >= 4 is 18.1 Å². The summed E-state index contributed by atoms with van der Waals surface area (Å²) in [6, 6.07) is 6.30. The van der Waals surface area contributed by atoms with Crippen molar-refractivity contribution in [3.63, 3.8) is 0 Å². The minimum atomic E-state index is -4.97. The number of hydrogen-bond donors (Lipinski definition) is 0. The molecule has 0 fully saturated rings. The van der Waals surface area contributed by atoms with E-state index >= 15 is 0 Å². The Morgan fingerprint density at radius 1 is 0.974 bits per heavy atom. The van der Waals surface area contributed by atoms with E-state index in [9.17, 15) is 35.9 Å². The molecule has 0 aromatic heterocycles. The lowest BCUT2D eigenvalue weighted by Gasteiger charge is -2.32. The van der Waals surface area contributed by atoms with E-state index in [4.69, 9.17) is 4.74 Å². The minimum absolute atomic E-state index is 0.0780. The lowest BCUT2D eigenvalue weighted by molar-refractivity contribution is -0.143. The highest BCUT2D eigenvalue weighted by Gasteiger charge is 2.38. The number of amides is 1. The van der Waals surface area contributed by atoms with E-state index in [1.807, 2.05) is 6.07 Å². The molecule has 1 aliphatic rings. The van der Waals surface area contributed by atoms with E-state index in [-0.39, 0.29) is 24.6 Å². The maximum atomic E-state index is 13.3. The predicted molar refractivity (Wildman–Crippen MR) is 132 cm³/mol. The Morgan fingerprint density at radius 3 is 2.13 bits per heavy atom. The second kappa shape index (κ2) is 11.3. The summed E-state index contributed by atoms with van der Waals surface area (Å²) in [5, 5.41) is 0. The highest BCUT2D eigenvalue weighted by molar-refractivity contribution is 5.87. The number of benzene rings is 2. The van der Waals surface area contributed by atoms with E-state index in [0.717, 1.165) is 16.7 Å². The zero-order chi connectivity index (χ0) is 29.2. The maximum absolute atomic E-state index is 13.3. The second-order valence-electron chi connectivity index (χ2n) is 10.2. The number of carbonyl (C=O) groups is 2. The number of alkyl halides is 6. The summed E-state index contributed by atoms with van der Waals surface area (Å²) in [4.78, 5) is 25.9. The highest BCUT2D eigenvalue weighted by atomic mass is 19.4. The fraction of sp³-hybridized carbons (Fsp3) is 0.429. The average Bonchev–Trinajstić information content (AvgIpc) is 3.23. The van der Waals surface area contributed by atoms with Crippen molar-refractivity contribution in [3.05, 3.63) is 75.9 Å². The van der Waals surface area contributed by atoms with Crippen molar-refractivity contribution in [3.8, 4) is 0 Å². The molecule has 1 aliphatic carbocycles. The summed E-state index contributed by atoms with van der Waals surface area (Å²) in [7, 11) is 1.26. The molecule has 5 nitrogen and oxygen atoms in total. The van der Waals surface area contributed by atoms with Crippen LogP contribution in [0.25, 0.3) is 6.08 Å². The van der Waals surface area contributed by atoms with Crippen LogP contribution in [0.1, 0.15) is 66.6 Å². The van der Waals surface area contributed by atoms with E-state index in [2.05, 4.69) is 4.74 Å². The number of hydrogen-bond acceptors (Lipinski definition) is 4. The molecule has 1 amide bonds. The van der Waals surface area contributed by atoms with Gasteiger partial charge in [-0.05, 0) is 86.6 Å². The molecule has 0 spiro atoms. The number of nitrogens with zero attached hydrogens (tertiary/aromatic N) is 1. The van der Waals surface area contributed by atoms with Gasteiger partial charge in [-0.15, -0.1) is 0 Å². The van der Waals surface area contributed by atoms with Crippen molar-refractivity contribution in [1.82, 2.24) is 4.90 Å². The van der Waals surface area contributed by atoms with E-state index < -0.39 is 47.2 Å². The van der Waals surface area contributed by atoms with Crippen molar-refractivity contribution in [2.75, 3.05) is 13.7 Å². The van der Waals surface area contributed by atoms with Crippen molar-refractivity contribution in [2.24, 2.45) is 0 Å². The van der Waals surface area contributed by atoms with Gasteiger partial charge in [-0.3, -0.25) is 0 Å². The van der Waals surface area contributed by atoms with E-state index in [0.29, 0.717) is 25.0 Å². The SMILES string of the molecule is COC(=O)/C=C/c1ccc2c(c1)CCC2N(CCc1cc(C(F)(F)F)cc(C(F)(F)F)c1)C(=O)OC(C)(C)C. The number of esters is 1. The molecule has 1 atom stereocenters. The Kier molecular flexibility index (Phi) is 8.72. The third kappa shape index (κ3) is 8.00. The summed E-state index contributed by atoms with van der Waals surface area (Å²) in [5.41, 5.74) is -1.47. The van der Waals surface area contributed by atoms with Crippen LogP contribution in [-0.2, 0) is 39.5 Å². The minimum Gasteiger partial charge on any atom is -0.466 e. The van der Waals surface area contributed by atoms with Crippen molar-refractivity contribution in [2.45, 2.75) is 64.0 Å². The number of methoxy groups -OCH3 is 1. The van der Waals surface area contributed by atoms with Gasteiger partial charge >= 0.3 is 24.4 Å². The van der Waals surface area contributed by atoms with Crippen LogP contribution >= 0.6 is 0 Å². The first-order chi connectivity index (χ1) is 18.0. The Hall–Kier alpha value is -3.50. The van der Waals surface area contributed by atoms with Gasteiger partial charge in [0.15, 0.2) is 0 Å². The van der Waals surface area contributed by atoms with Gasteiger partial charge in [0, 0.05) is 12.6 Å². The molecule has 0 bridgehead atoms. The van der Waals surface area contributed by atoms with Gasteiger partial charge in [0.2, 0.25) is 0 Å². The predicted octanol–water partition coefficient (Wildman–Crippen LogP) is 7.38. The molecule has 0 saturated heterocycles.